The molecule has 1 aliphatic rings. The number of aromatic nitrogens is 4. The van der Waals surface area contributed by atoms with Crippen molar-refractivity contribution in [3.05, 3.63) is 65.9 Å². The van der Waals surface area contributed by atoms with Crippen molar-refractivity contribution in [2.24, 2.45) is 0 Å². The molecule has 1 saturated heterocycles. The molecule has 0 aliphatic carbocycles. The number of pyridine rings is 2. The van der Waals surface area contributed by atoms with Crippen LogP contribution in [-0.2, 0) is 17.4 Å². The van der Waals surface area contributed by atoms with Gasteiger partial charge in [0.15, 0.2) is 11.6 Å². The van der Waals surface area contributed by atoms with Gasteiger partial charge in [-0.25, -0.2) is 28.1 Å². The molecule has 3 aromatic heterocycles. The summed E-state index contributed by atoms with van der Waals surface area (Å²) in [5.74, 6) is -4.53. The van der Waals surface area contributed by atoms with Crippen molar-refractivity contribution in [2.75, 3.05) is 11.9 Å². The van der Waals surface area contributed by atoms with E-state index in [-0.39, 0.29) is 30.2 Å². The van der Waals surface area contributed by atoms with Crippen LogP contribution >= 0.6 is 0 Å². The van der Waals surface area contributed by atoms with Gasteiger partial charge in [0.25, 0.3) is 5.92 Å². The van der Waals surface area contributed by atoms with Crippen molar-refractivity contribution < 1.29 is 31.1 Å². The summed E-state index contributed by atoms with van der Waals surface area (Å²) >= 11 is 0. The van der Waals surface area contributed by atoms with Gasteiger partial charge in [-0.1, -0.05) is 6.07 Å². The molecule has 1 fully saturated rings. The summed E-state index contributed by atoms with van der Waals surface area (Å²) < 4.78 is 81.5. The third kappa shape index (κ3) is 5.53. The highest BCUT2D eigenvalue weighted by atomic mass is 19.4. The second-order valence-electron chi connectivity index (χ2n) is 7.79. The number of hydrogen-bond acceptors (Lipinski definition) is 5. The summed E-state index contributed by atoms with van der Waals surface area (Å²) in [5, 5.41) is 5.30. The monoisotopic (exact) mass is 484 g/mol. The largest absolute Gasteiger partial charge is 0.433 e. The van der Waals surface area contributed by atoms with Crippen LogP contribution in [0.3, 0.4) is 0 Å². The maximum atomic E-state index is 14.6. The number of nitrogens with zero attached hydrogens (tertiary/aromatic N) is 4. The molecule has 34 heavy (non-hydrogen) atoms. The smallest absolute Gasteiger partial charge is 0.324 e. The first-order valence-corrected chi connectivity index (χ1v) is 10.1. The number of anilines is 1. The number of hydrogen-bond donors (Lipinski definition) is 2. The zero-order chi connectivity index (χ0) is 24.5. The molecule has 0 aromatic carbocycles. The number of halogens is 6. The number of carbonyl (C=O) groups is 1. The fourth-order valence-electron chi connectivity index (χ4n) is 3.54. The quantitative estimate of drug-likeness (QED) is 0.534. The number of piperidine rings is 1. The lowest BCUT2D eigenvalue weighted by Crippen LogP contribution is -2.38. The fraction of sp³-hybridized carbons (Fsp3) is 0.333. The Morgan fingerprint density at radius 1 is 1.26 bits per heavy atom. The topological polar surface area (TPSA) is 84.7 Å². The average molecular weight is 484 g/mol. The van der Waals surface area contributed by atoms with Crippen LogP contribution in [0.5, 0.6) is 0 Å². The Kier molecular flexibility index (Phi) is 6.30. The Hall–Kier alpha value is -3.48. The molecule has 4 heterocycles. The molecular weight excluding hydrogens is 466 g/mol. The summed E-state index contributed by atoms with van der Waals surface area (Å²) in [4.78, 5) is 23.6. The Labute approximate surface area is 189 Å². The minimum atomic E-state index is -4.64. The summed E-state index contributed by atoms with van der Waals surface area (Å²) in [6, 6.07) is 3.49. The van der Waals surface area contributed by atoms with Crippen LogP contribution in [0, 0.1) is 5.82 Å². The molecule has 1 atom stereocenters. The Morgan fingerprint density at radius 2 is 2.06 bits per heavy atom. The maximum absolute atomic E-state index is 14.6. The first-order chi connectivity index (χ1) is 16.0. The van der Waals surface area contributed by atoms with Crippen molar-refractivity contribution in [1.82, 2.24) is 24.8 Å². The minimum Gasteiger partial charge on any atom is -0.324 e. The standard InChI is InChI=1S/C21H18F6N6O/c22-14-6-13(32-18(34)7-12-2-1-3-17(31-12)21(25,26)27)9-29-19(14)33-10-16(30-11-33)15-8-20(23,24)4-5-28-15/h1-3,6,9-11,15,28H,4-5,7-8H2,(H,32,34)/t15-/m0/s1. The van der Waals surface area contributed by atoms with Crippen molar-refractivity contribution >= 4 is 11.6 Å². The summed E-state index contributed by atoms with van der Waals surface area (Å²) in [7, 11) is 0. The molecule has 1 aliphatic heterocycles. The Bertz CT molecular complexity index is 1190. The zero-order valence-electron chi connectivity index (χ0n) is 17.4. The molecule has 4 rings (SSSR count). The van der Waals surface area contributed by atoms with E-state index >= 15 is 0 Å². The highest BCUT2D eigenvalue weighted by Gasteiger charge is 2.37. The first kappa shape index (κ1) is 23.7. The van der Waals surface area contributed by atoms with E-state index in [1.54, 1.807) is 0 Å². The van der Waals surface area contributed by atoms with Crippen molar-refractivity contribution in [3.8, 4) is 5.82 Å². The predicted molar refractivity (Wildman–Crippen MR) is 108 cm³/mol. The van der Waals surface area contributed by atoms with Crippen LogP contribution in [0.15, 0.2) is 43.0 Å². The summed E-state index contributed by atoms with van der Waals surface area (Å²) in [6.07, 6.45) is -2.01. The molecule has 3 aromatic rings. The second-order valence-corrected chi connectivity index (χ2v) is 7.79. The van der Waals surface area contributed by atoms with Gasteiger partial charge in [0.2, 0.25) is 5.91 Å². The maximum Gasteiger partial charge on any atom is 0.433 e. The van der Waals surface area contributed by atoms with Gasteiger partial charge in [-0.05, 0) is 12.1 Å². The molecule has 1 amide bonds. The highest BCUT2D eigenvalue weighted by Crippen LogP contribution is 2.34. The van der Waals surface area contributed by atoms with E-state index < -0.39 is 48.4 Å². The van der Waals surface area contributed by atoms with Crippen LogP contribution in [0.4, 0.5) is 32.0 Å². The van der Waals surface area contributed by atoms with Gasteiger partial charge in [-0.2, -0.15) is 13.2 Å². The second kappa shape index (κ2) is 9.05. The molecule has 0 saturated carbocycles. The number of amides is 1. The first-order valence-electron chi connectivity index (χ1n) is 10.1. The number of rotatable bonds is 5. The molecule has 0 unspecified atom stereocenters. The molecule has 0 spiro atoms. The van der Waals surface area contributed by atoms with Gasteiger partial charge < -0.3 is 10.6 Å². The van der Waals surface area contributed by atoms with E-state index in [2.05, 4.69) is 25.6 Å². The fourth-order valence-corrected chi connectivity index (χ4v) is 3.54. The Morgan fingerprint density at radius 3 is 2.76 bits per heavy atom. The molecular formula is C21H18F6N6O. The highest BCUT2D eigenvalue weighted by molar-refractivity contribution is 5.91. The van der Waals surface area contributed by atoms with E-state index in [9.17, 15) is 31.1 Å². The minimum absolute atomic E-state index is 0.0212. The van der Waals surface area contributed by atoms with Gasteiger partial charge >= 0.3 is 6.18 Å². The number of carbonyl (C=O) groups excluding carboxylic acids is 1. The van der Waals surface area contributed by atoms with Crippen LogP contribution < -0.4 is 10.6 Å². The molecule has 7 nitrogen and oxygen atoms in total. The van der Waals surface area contributed by atoms with Crippen molar-refractivity contribution in [2.45, 2.75) is 37.4 Å². The van der Waals surface area contributed by atoms with E-state index in [0.29, 0.717) is 5.69 Å². The average Bonchev–Trinajstić information content (AvgIpc) is 3.22. The van der Waals surface area contributed by atoms with E-state index in [1.807, 2.05) is 0 Å². The van der Waals surface area contributed by atoms with E-state index in [1.165, 1.54) is 23.2 Å². The molecule has 2 N–H and O–H groups in total. The van der Waals surface area contributed by atoms with Gasteiger partial charge in [-0.15, -0.1) is 0 Å². The van der Waals surface area contributed by atoms with Crippen molar-refractivity contribution in [3.63, 3.8) is 0 Å². The zero-order valence-corrected chi connectivity index (χ0v) is 17.4. The number of alkyl halides is 5. The van der Waals surface area contributed by atoms with E-state index in [4.69, 9.17) is 0 Å². The van der Waals surface area contributed by atoms with Crippen LogP contribution in [0.25, 0.3) is 5.82 Å². The van der Waals surface area contributed by atoms with Gasteiger partial charge in [0.1, 0.15) is 12.0 Å². The van der Waals surface area contributed by atoms with Gasteiger partial charge in [0, 0.05) is 31.6 Å². The van der Waals surface area contributed by atoms with Gasteiger partial charge in [-0.3, -0.25) is 9.36 Å². The van der Waals surface area contributed by atoms with Crippen LogP contribution in [0.2, 0.25) is 0 Å². The lowest BCUT2D eigenvalue weighted by Gasteiger charge is -2.28. The lowest BCUT2D eigenvalue weighted by atomic mass is 9.99. The molecule has 13 heteroatoms. The number of nitrogens with one attached hydrogen (secondary N) is 2. The van der Waals surface area contributed by atoms with Gasteiger partial charge in [0.05, 0.1) is 35.7 Å². The normalized spacial score (nSPS) is 18.0. The van der Waals surface area contributed by atoms with E-state index in [0.717, 1.165) is 24.4 Å². The SMILES string of the molecule is O=C(Cc1cccc(C(F)(F)F)n1)Nc1cnc(-n2cnc([C@@H]3CC(F)(F)CCN3)c2)c(F)c1. The van der Waals surface area contributed by atoms with Crippen LogP contribution in [-0.4, -0.2) is 37.9 Å². The Balaban J connectivity index is 1.43. The predicted octanol–water partition coefficient (Wildman–Crippen LogP) is 4.06. The number of imidazole rings is 1. The molecule has 180 valence electrons. The third-order valence-electron chi connectivity index (χ3n) is 5.13. The van der Waals surface area contributed by atoms with Crippen LogP contribution in [0.1, 0.15) is 36.0 Å². The summed E-state index contributed by atoms with van der Waals surface area (Å²) in [6.45, 7) is 0.127. The van der Waals surface area contributed by atoms with Crippen molar-refractivity contribution in [1.29, 1.82) is 0 Å². The third-order valence-corrected chi connectivity index (χ3v) is 5.13. The molecule has 0 radical (unpaired) electrons. The summed E-state index contributed by atoms with van der Waals surface area (Å²) in [5.41, 5.74) is -0.939. The molecule has 0 bridgehead atoms. The lowest BCUT2D eigenvalue weighted by molar-refractivity contribution is -0.141.